The summed E-state index contributed by atoms with van der Waals surface area (Å²) in [5, 5.41) is 6.38. The minimum Gasteiger partial charge on any atom is -0.444 e. The van der Waals surface area contributed by atoms with Crippen molar-refractivity contribution in [3.63, 3.8) is 0 Å². The third-order valence-electron chi connectivity index (χ3n) is 6.81. The Morgan fingerprint density at radius 2 is 1.67 bits per heavy atom. The van der Waals surface area contributed by atoms with Crippen molar-refractivity contribution in [2.45, 2.75) is 56.3 Å². The van der Waals surface area contributed by atoms with Crippen LogP contribution in [0.4, 0.5) is 10.6 Å². The topological polar surface area (TPSA) is 123 Å². The van der Waals surface area contributed by atoms with Crippen LogP contribution in [0.1, 0.15) is 45.6 Å². The molecule has 0 spiro atoms. The third-order valence-corrected chi connectivity index (χ3v) is 7.65. The molecule has 2 aromatic carbocycles. The maximum absolute atomic E-state index is 12.6. The van der Waals surface area contributed by atoms with Gasteiger partial charge in [0.2, 0.25) is 15.6 Å². The lowest BCUT2D eigenvalue weighted by atomic mass is 9.71. The lowest BCUT2D eigenvalue weighted by Gasteiger charge is -2.43. The van der Waals surface area contributed by atoms with E-state index in [1.54, 1.807) is 7.05 Å². The van der Waals surface area contributed by atoms with Crippen molar-refractivity contribution >= 4 is 32.8 Å². The molecule has 0 aliphatic heterocycles. The van der Waals surface area contributed by atoms with Crippen LogP contribution in [0.25, 0.3) is 33.6 Å². The number of anilines is 1. The number of hydrogen-bond donors (Lipinski definition) is 2. The van der Waals surface area contributed by atoms with Gasteiger partial charge < -0.3 is 19.8 Å². The van der Waals surface area contributed by atoms with Crippen molar-refractivity contribution in [1.82, 2.24) is 15.3 Å². The summed E-state index contributed by atoms with van der Waals surface area (Å²) in [7, 11) is -1.99. The fourth-order valence-corrected chi connectivity index (χ4v) is 5.37. The summed E-state index contributed by atoms with van der Waals surface area (Å²) >= 11 is 0. The number of fused-ring (bicyclic) bond motifs is 1. The first kappa shape index (κ1) is 26.7. The summed E-state index contributed by atoms with van der Waals surface area (Å²) in [4.78, 5) is 21.1. The second-order valence-corrected chi connectivity index (χ2v) is 12.8. The Bertz CT molecular complexity index is 1640. The maximum atomic E-state index is 12.6. The molecule has 0 atom stereocenters. The molecule has 1 aliphatic rings. The van der Waals surface area contributed by atoms with Gasteiger partial charge in [-0.05, 0) is 51.2 Å². The van der Waals surface area contributed by atoms with E-state index in [9.17, 15) is 13.2 Å². The van der Waals surface area contributed by atoms with E-state index in [2.05, 4.69) is 20.6 Å². The number of carbonyl (C=O) groups excluding carboxylic acids is 1. The Labute approximate surface area is 227 Å². The summed E-state index contributed by atoms with van der Waals surface area (Å²) in [5.41, 5.74) is 2.51. The molecule has 0 unspecified atom stereocenters. The van der Waals surface area contributed by atoms with Crippen molar-refractivity contribution < 1.29 is 22.4 Å². The van der Waals surface area contributed by atoms with E-state index >= 15 is 0 Å². The van der Waals surface area contributed by atoms with E-state index in [0.717, 1.165) is 47.8 Å². The molecule has 5 rings (SSSR count). The smallest absolute Gasteiger partial charge is 0.408 e. The van der Waals surface area contributed by atoms with E-state index in [1.165, 1.54) is 0 Å². The molecule has 39 heavy (non-hydrogen) atoms. The zero-order valence-electron chi connectivity index (χ0n) is 22.7. The normalized spacial score (nSPS) is 15.0. The molecule has 0 bridgehead atoms. The van der Waals surface area contributed by atoms with Gasteiger partial charge in [-0.2, -0.15) is 4.98 Å². The zero-order chi connectivity index (χ0) is 28.0. The van der Waals surface area contributed by atoms with Gasteiger partial charge in [0.15, 0.2) is 0 Å². The zero-order valence-corrected chi connectivity index (χ0v) is 23.5. The second kappa shape index (κ2) is 9.68. The van der Waals surface area contributed by atoms with Crippen molar-refractivity contribution in [2.75, 3.05) is 18.6 Å². The van der Waals surface area contributed by atoms with Crippen LogP contribution >= 0.6 is 0 Å². The van der Waals surface area contributed by atoms with E-state index in [1.807, 2.05) is 75.4 Å². The first-order valence-corrected chi connectivity index (χ1v) is 14.7. The number of aromatic nitrogens is 2. The Kier molecular flexibility index (Phi) is 6.62. The highest BCUT2D eigenvalue weighted by atomic mass is 32.2. The first-order chi connectivity index (χ1) is 18.4. The molecule has 10 heteroatoms. The predicted octanol–water partition coefficient (Wildman–Crippen LogP) is 5.91. The van der Waals surface area contributed by atoms with Gasteiger partial charge in [0.1, 0.15) is 17.2 Å². The van der Waals surface area contributed by atoms with Crippen molar-refractivity contribution in [2.24, 2.45) is 0 Å². The second-order valence-electron chi connectivity index (χ2n) is 10.9. The number of hydrogen-bond acceptors (Lipinski definition) is 8. The molecule has 204 valence electrons. The van der Waals surface area contributed by atoms with Crippen LogP contribution in [-0.4, -0.2) is 43.4 Å². The summed E-state index contributed by atoms with van der Waals surface area (Å²) in [6, 6.07) is 17.6. The number of amides is 1. The summed E-state index contributed by atoms with van der Waals surface area (Å²) in [6.45, 7) is 5.53. The van der Waals surface area contributed by atoms with Gasteiger partial charge >= 0.3 is 6.09 Å². The average molecular weight is 549 g/mol. The van der Waals surface area contributed by atoms with Gasteiger partial charge in [-0.15, -0.1) is 0 Å². The highest BCUT2D eigenvalue weighted by molar-refractivity contribution is 7.90. The fourth-order valence-electron chi connectivity index (χ4n) is 4.87. The van der Waals surface area contributed by atoms with Crippen molar-refractivity contribution in [1.29, 1.82) is 0 Å². The van der Waals surface area contributed by atoms with Crippen LogP contribution in [0, 0.1) is 0 Å². The SMILES string of the molecule is CNc1nc(S(C)(=O)=O)nc2oc(-c3ccc(C4(NC(=O)OC(C)(C)C)CCC4)cc3)c(-c3ccccc3)c12. The van der Waals surface area contributed by atoms with Gasteiger partial charge in [0, 0.05) is 24.4 Å². The Morgan fingerprint density at radius 1 is 1.00 bits per heavy atom. The van der Waals surface area contributed by atoms with Gasteiger partial charge in [-0.25, -0.2) is 18.2 Å². The standard InChI is InChI=1S/C29H32N4O5S/c1-28(2,3)38-27(34)33-29(16-9-17-29)20-14-12-19(13-15-20)23-21(18-10-7-6-8-11-18)22-24(30-4)31-26(39(5,35)36)32-25(22)37-23/h6-8,10-15H,9,16-17H2,1-5H3,(H,33,34)(H,30,31,32). The Morgan fingerprint density at radius 3 is 2.21 bits per heavy atom. The third kappa shape index (κ3) is 5.21. The number of rotatable bonds is 6. The number of ether oxygens (including phenoxy) is 1. The van der Waals surface area contributed by atoms with Crippen LogP contribution in [0.15, 0.2) is 64.2 Å². The van der Waals surface area contributed by atoms with Crippen molar-refractivity contribution in [3.8, 4) is 22.5 Å². The molecule has 9 nitrogen and oxygen atoms in total. The predicted molar refractivity (Wildman–Crippen MR) is 150 cm³/mol. The van der Waals surface area contributed by atoms with Crippen LogP contribution in [0.2, 0.25) is 0 Å². The van der Waals surface area contributed by atoms with E-state index in [4.69, 9.17) is 9.15 Å². The molecule has 1 saturated carbocycles. The minimum absolute atomic E-state index is 0.176. The van der Waals surface area contributed by atoms with Gasteiger partial charge in [0.25, 0.3) is 5.16 Å². The number of alkyl carbamates (subject to hydrolysis) is 1. The number of furan rings is 1. The molecule has 1 amide bonds. The molecule has 1 fully saturated rings. The Hall–Kier alpha value is -3.92. The molecular formula is C29H32N4O5S. The molecule has 2 aromatic heterocycles. The van der Waals surface area contributed by atoms with Crippen molar-refractivity contribution in [3.05, 3.63) is 60.2 Å². The summed E-state index contributed by atoms with van der Waals surface area (Å²) < 4.78 is 36.3. The van der Waals surface area contributed by atoms with Crippen LogP contribution < -0.4 is 10.6 Å². The lowest BCUT2D eigenvalue weighted by Crippen LogP contribution is -2.52. The molecule has 1 aliphatic carbocycles. The first-order valence-electron chi connectivity index (χ1n) is 12.8. The van der Waals surface area contributed by atoms with Crippen LogP contribution in [-0.2, 0) is 20.1 Å². The number of benzene rings is 2. The fraction of sp³-hybridized carbons (Fsp3) is 0.345. The molecular weight excluding hydrogens is 516 g/mol. The van der Waals surface area contributed by atoms with E-state index in [-0.39, 0.29) is 10.9 Å². The number of sulfone groups is 1. The quantitative estimate of drug-likeness (QED) is 0.285. The molecule has 0 radical (unpaired) electrons. The molecule has 2 N–H and O–H groups in total. The highest BCUT2D eigenvalue weighted by Crippen LogP contribution is 2.45. The summed E-state index contributed by atoms with van der Waals surface area (Å²) in [6.07, 6.45) is 3.28. The average Bonchev–Trinajstić information content (AvgIpc) is 3.24. The summed E-state index contributed by atoms with van der Waals surface area (Å²) in [5.74, 6) is 0.905. The number of nitrogens with zero attached hydrogens (tertiary/aromatic N) is 2. The number of nitrogens with one attached hydrogen (secondary N) is 2. The Balaban J connectivity index is 1.61. The lowest BCUT2D eigenvalue weighted by molar-refractivity contribution is 0.0377. The van der Waals surface area contributed by atoms with Gasteiger partial charge in [0.05, 0.1) is 10.9 Å². The van der Waals surface area contributed by atoms with E-state index < -0.39 is 27.1 Å². The van der Waals surface area contributed by atoms with Gasteiger partial charge in [-0.3, -0.25) is 0 Å². The van der Waals surface area contributed by atoms with Crippen LogP contribution in [0.3, 0.4) is 0 Å². The number of carbonyl (C=O) groups is 1. The molecule has 4 aromatic rings. The molecule has 2 heterocycles. The van der Waals surface area contributed by atoms with Crippen LogP contribution in [0.5, 0.6) is 0 Å². The maximum Gasteiger partial charge on any atom is 0.408 e. The minimum atomic E-state index is -3.67. The van der Waals surface area contributed by atoms with E-state index in [0.29, 0.717) is 17.0 Å². The van der Waals surface area contributed by atoms with Gasteiger partial charge in [-0.1, -0.05) is 54.6 Å². The highest BCUT2D eigenvalue weighted by Gasteiger charge is 2.41. The monoisotopic (exact) mass is 548 g/mol. The molecule has 0 saturated heterocycles. The largest absolute Gasteiger partial charge is 0.444 e.